The summed E-state index contributed by atoms with van der Waals surface area (Å²) < 4.78 is 27.2. The second-order valence-corrected chi connectivity index (χ2v) is 12.3. The van der Waals surface area contributed by atoms with Crippen molar-refractivity contribution in [2.75, 3.05) is 23.7 Å². The van der Waals surface area contributed by atoms with Gasteiger partial charge in [-0.2, -0.15) is 0 Å². The minimum Gasteiger partial charge on any atom is -0.355 e. The van der Waals surface area contributed by atoms with Gasteiger partial charge in [0, 0.05) is 34.0 Å². The fraction of sp³-hybridized carbons (Fsp3) is 0.259. The molecule has 0 fully saturated rings. The number of nitrogens with zero attached hydrogens (tertiary/aromatic N) is 2. The number of amides is 2. The number of carbonyl (C=O) groups excluding carboxylic acids is 2. The number of hydrogen-bond acceptors (Lipinski definition) is 4. The monoisotopic (exact) mass is 639 g/mol. The first-order valence-corrected chi connectivity index (χ1v) is 15.2. The van der Waals surface area contributed by atoms with Crippen LogP contribution in [0.15, 0.2) is 77.3 Å². The van der Waals surface area contributed by atoms with E-state index in [-0.39, 0.29) is 18.9 Å². The van der Waals surface area contributed by atoms with E-state index in [9.17, 15) is 18.0 Å². The lowest BCUT2D eigenvalue weighted by Gasteiger charge is -2.33. The van der Waals surface area contributed by atoms with Gasteiger partial charge in [-0.25, -0.2) is 8.42 Å². The van der Waals surface area contributed by atoms with E-state index in [1.54, 1.807) is 49.4 Å². The van der Waals surface area contributed by atoms with Gasteiger partial charge in [-0.15, -0.1) is 0 Å². The van der Waals surface area contributed by atoms with E-state index in [1.165, 1.54) is 4.90 Å². The molecule has 3 rings (SSSR count). The van der Waals surface area contributed by atoms with Crippen LogP contribution in [-0.2, 0) is 32.6 Å². The van der Waals surface area contributed by atoms with Crippen molar-refractivity contribution in [3.8, 4) is 0 Å². The maximum absolute atomic E-state index is 13.9. The van der Waals surface area contributed by atoms with E-state index >= 15 is 0 Å². The smallest absolute Gasteiger partial charge is 0.244 e. The van der Waals surface area contributed by atoms with Crippen LogP contribution >= 0.6 is 39.1 Å². The standard InChI is InChI=1S/C27H28BrCl2N3O4S/c1-3-31-27(35)25(14-19-8-5-4-6-9-19)32(17-20-12-13-22(29)16-24(20)30)26(34)18-33(38(2,36)37)23-11-7-10-21(28)15-23/h4-13,15-16,25H,3,14,17-18H2,1-2H3,(H,31,35). The number of nitrogens with one attached hydrogen (secondary N) is 1. The molecule has 7 nitrogen and oxygen atoms in total. The molecule has 0 aliphatic rings. The molecular weight excluding hydrogens is 613 g/mol. The van der Waals surface area contributed by atoms with Gasteiger partial charge in [0.25, 0.3) is 0 Å². The zero-order chi connectivity index (χ0) is 27.9. The van der Waals surface area contributed by atoms with Crippen molar-refractivity contribution in [3.63, 3.8) is 0 Å². The fourth-order valence-corrected chi connectivity index (χ4v) is 5.62. The summed E-state index contributed by atoms with van der Waals surface area (Å²) in [7, 11) is -3.84. The van der Waals surface area contributed by atoms with Crippen LogP contribution in [0.25, 0.3) is 0 Å². The molecule has 11 heteroatoms. The highest BCUT2D eigenvalue weighted by molar-refractivity contribution is 9.10. The van der Waals surface area contributed by atoms with E-state index in [4.69, 9.17) is 23.2 Å². The number of likely N-dealkylation sites (N-methyl/N-ethyl adjacent to an activating group) is 1. The topological polar surface area (TPSA) is 86.8 Å². The van der Waals surface area contributed by atoms with Crippen LogP contribution in [-0.4, -0.2) is 50.5 Å². The number of halogens is 3. The Morgan fingerprint density at radius 2 is 1.71 bits per heavy atom. The quantitative estimate of drug-likeness (QED) is 0.308. The van der Waals surface area contributed by atoms with Crippen LogP contribution in [0.2, 0.25) is 10.0 Å². The third-order valence-corrected chi connectivity index (χ3v) is 7.97. The van der Waals surface area contributed by atoms with Crippen LogP contribution in [0.5, 0.6) is 0 Å². The molecule has 2 amide bonds. The molecule has 1 N–H and O–H groups in total. The van der Waals surface area contributed by atoms with Crippen molar-refractivity contribution in [1.82, 2.24) is 10.2 Å². The van der Waals surface area contributed by atoms with E-state index in [0.29, 0.717) is 32.3 Å². The number of hydrogen-bond donors (Lipinski definition) is 1. The molecule has 38 heavy (non-hydrogen) atoms. The highest BCUT2D eigenvalue weighted by Gasteiger charge is 2.33. The van der Waals surface area contributed by atoms with Gasteiger partial charge in [-0.1, -0.05) is 81.6 Å². The Kier molecular flexibility index (Phi) is 10.6. The largest absolute Gasteiger partial charge is 0.355 e. The number of sulfonamides is 1. The van der Waals surface area contributed by atoms with Crippen LogP contribution in [0.3, 0.4) is 0 Å². The van der Waals surface area contributed by atoms with Gasteiger partial charge in [0.2, 0.25) is 21.8 Å². The van der Waals surface area contributed by atoms with Crippen LogP contribution < -0.4 is 9.62 Å². The maximum Gasteiger partial charge on any atom is 0.244 e. The highest BCUT2D eigenvalue weighted by Crippen LogP contribution is 2.26. The van der Waals surface area contributed by atoms with E-state index < -0.39 is 28.5 Å². The lowest BCUT2D eigenvalue weighted by atomic mass is 10.0. The van der Waals surface area contributed by atoms with Gasteiger partial charge in [0.05, 0.1) is 11.9 Å². The molecule has 0 aliphatic carbocycles. The van der Waals surface area contributed by atoms with E-state index in [2.05, 4.69) is 21.2 Å². The first-order chi connectivity index (χ1) is 18.0. The summed E-state index contributed by atoms with van der Waals surface area (Å²) in [5.74, 6) is -0.920. The summed E-state index contributed by atoms with van der Waals surface area (Å²) >= 11 is 15.9. The van der Waals surface area contributed by atoms with Gasteiger partial charge in [0.15, 0.2) is 0 Å². The lowest BCUT2D eigenvalue weighted by molar-refractivity contribution is -0.140. The summed E-state index contributed by atoms with van der Waals surface area (Å²) in [6.45, 7) is 1.62. The molecule has 1 unspecified atom stereocenters. The van der Waals surface area contributed by atoms with Crippen molar-refractivity contribution in [3.05, 3.63) is 98.4 Å². The van der Waals surface area contributed by atoms with Crippen LogP contribution in [0.1, 0.15) is 18.1 Å². The zero-order valence-electron chi connectivity index (χ0n) is 20.9. The Labute approximate surface area is 241 Å². The molecule has 0 saturated carbocycles. The predicted molar refractivity (Wildman–Crippen MR) is 156 cm³/mol. The molecular formula is C27H28BrCl2N3O4S. The molecule has 0 radical (unpaired) electrons. The highest BCUT2D eigenvalue weighted by atomic mass is 79.9. The summed E-state index contributed by atoms with van der Waals surface area (Å²) in [6, 6.07) is 19.9. The first kappa shape index (κ1) is 30.0. The summed E-state index contributed by atoms with van der Waals surface area (Å²) in [6.07, 6.45) is 1.26. The SMILES string of the molecule is CCNC(=O)C(Cc1ccccc1)N(Cc1ccc(Cl)cc1Cl)C(=O)CN(c1cccc(Br)c1)S(C)(=O)=O. The Hall–Kier alpha value is -2.59. The molecule has 0 aromatic heterocycles. The van der Waals surface area contributed by atoms with Gasteiger partial charge in [-0.3, -0.25) is 13.9 Å². The van der Waals surface area contributed by atoms with Crippen LogP contribution in [0.4, 0.5) is 5.69 Å². The van der Waals surface area contributed by atoms with Crippen molar-refractivity contribution in [2.45, 2.75) is 25.9 Å². The fourth-order valence-electron chi connectivity index (χ4n) is 3.92. The van der Waals surface area contributed by atoms with E-state index in [1.807, 2.05) is 30.3 Å². The molecule has 0 heterocycles. The molecule has 3 aromatic carbocycles. The van der Waals surface area contributed by atoms with Crippen molar-refractivity contribution < 1.29 is 18.0 Å². The Bertz CT molecular complexity index is 1390. The van der Waals surface area contributed by atoms with Gasteiger partial charge >= 0.3 is 0 Å². The summed E-state index contributed by atoms with van der Waals surface area (Å²) in [4.78, 5) is 28.6. The third kappa shape index (κ3) is 8.20. The Balaban J connectivity index is 2.07. The van der Waals surface area contributed by atoms with Gasteiger partial charge in [0.1, 0.15) is 12.6 Å². The molecule has 0 bridgehead atoms. The first-order valence-electron chi connectivity index (χ1n) is 11.8. The maximum atomic E-state index is 13.9. The number of carbonyl (C=O) groups is 2. The lowest BCUT2D eigenvalue weighted by Crippen LogP contribution is -2.53. The Morgan fingerprint density at radius 1 is 1.00 bits per heavy atom. The number of anilines is 1. The molecule has 3 aromatic rings. The average molecular weight is 641 g/mol. The summed E-state index contributed by atoms with van der Waals surface area (Å²) in [5, 5.41) is 3.57. The zero-order valence-corrected chi connectivity index (χ0v) is 24.8. The molecule has 202 valence electrons. The second kappa shape index (κ2) is 13.5. The second-order valence-electron chi connectivity index (χ2n) is 8.61. The van der Waals surface area contributed by atoms with E-state index in [0.717, 1.165) is 16.1 Å². The molecule has 0 spiro atoms. The number of benzene rings is 3. The molecule has 0 saturated heterocycles. The van der Waals surface area contributed by atoms with Crippen LogP contribution in [0, 0.1) is 0 Å². The van der Waals surface area contributed by atoms with Crippen molar-refractivity contribution in [2.24, 2.45) is 0 Å². The average Bonchev–Trinajstić information content (AvgIpc) is 2.85. The Morgan fingerprint density at radius 3 is 2.32 bits per heavy atom. The normalized spacial score (nSPS) is 12.0. The van der Waals surface area contributed by atoms with Crippen molar-refractivity contribution >= 4 is 66.7 Å². The minimum absolute atomic E-state index is 0.0282. The third-order valence-electron chi connectivity index (χ3n) is 5.75. The molecule has 1 atom stereocenters. The number of rotatable bonds is 11. The van der Waals surface area contributed by atoms with Gasteiger partial charge < -0.3 is 10.2 Å². The minimum atomic E-state index is -3.84. The molecule has 0 aliphatic heterocycles. The van der Waals surface area contributed by atoms with Gasteiger partial charge in [-0.05, 0) is 48.4 Å². The van der Waals surface area contributed by atoms with Crippen molar-refractivity contribution in [1.29, 1.82) is 0 Å². The summed E-state index contributed by atoms with van der Waals surface area (Å²) in [5.41, 5.74) is 1.73. The predicted octanol–water partition coefficient (Wildman–Crippen LogP) is 5.30.